The Morgan fingerprint density at radius 3 is 2.41 bits per heavy atom. The molecule has 2 heterocycles. The Kier molecular flexibility index (Phi) is 8.56. The number of esters is 1. The molecule has 11 heteroatoms. The molecule has 3 aromatic carbocycles. The Bertz CT molecular complexity index is 1840. The Morgan fingerprint density at radius 2 is 1.76 bits per heavy atom. The average molecular weight is 630 g/mol. The molecule has 0 fully saturated rings. The molecule has 0 bridgehead atoms. The van der Waals surface area contributed by atoms with Gasteiger partial charge in [0.25, 0.3) is 5.56 Å². The molecule has 1 unspecified atom stereocenters. The normalized spacial score (nSPS) is 14.9. The van der Waals surface area contributed by atoms with E-state index in [9.17, 15) is 9.59 Å². The molecule has 0 amide bonds. The van der Waals surface area contributed by atoms with Crippen LogP contribution in [0.1, 0.15) is 29.7 Å². The highest BCUT2D eigenvalue weighted by Crippen LogP contribution is 2.37. The summed E-state index contributed by atoms with van der Waals surface area (Å²) in [5.41, 5.74) is 2.77. The van der Waals surface area contributed by atoms with Crippen LogP contribution in [0.25, 0.3) is 6.08 Å². The summed E-state index contributed by atoms with van der Waals surface area (Å²) in [5.74, 6) is 0.360. The van der Waals surface area contributed by atoms with Crippen molar-refractivity contribution < 1.29 is 19.0 Å². The van der Waals surface area contributed by atoms with E-state index in [0.717, 1.165) is 11.1 Å². The summed E-state index contributed by atoms with van der Waals surface area (Å²) in [6, 6.07) is 17.3. The smallest absolute Gasteiger partial charge is 0.338 e. The number of allylic oxidation sites excluding steroid dienone is 1. The third kappa shape index (κ3) is 5.78. The van der Waals surface area contributed by atoms with Gasteiger partial charge in [0.2, 0.25) is 0 Å². The van der Waals surface area contributed by atoms with Crippen LogP contribution in [0.3, 0.4) is 0 Å². The van der Waals surface area contributed by atoms with Gasteiger partial charge in [0.1, 0.15) is 12.4 Å². The zero-order valence-electron chi connectivity index (χ0n) is 22.1. The molecular weight excluding hydrogens is 607 g/mol. The molecule has 4 aromatic rings. The second-order valence-corrected chi connectivity index (χ2v) is 11.3. The van der Waals surface area contributed by atoms with Crippen molar-refractivity contribution in [2.75, 3.05) is 14.2 Å². The molecular formula is C30H23Cl3N2O5S. The molecule has 1 aliphatic heterocycles. The number of halogens is 3. The second-order valence-electron chi connectivity index (χ2n) is 9.04. The van der Waals surface area contributed by atoms with Crippen molar-refractivity contribution in [3.63, 3.8) is 0 Å². The summed E-state index contributed by atoms with van der Waals surface area (Å²) in [6.45, 7) is 1.84. The Morgan fingerprint density at radius 1 is 1.05 bits per heavy atom. The van der Waals surface area contributed by atoms with Crippen LogP contribution in [0.15, 0.2) is 81.7 Å². The number of hydrogen-bond donors (Lipinski definition) is 0. The van der Waals surface area contributed by atoms with Crippen LogP contribution in [0, 0.1) is 0 Å². The van der Waals surface area contributed by atoms with Crippen LogP contribution in [0.4, 0.5) is 0 Å². The van der Waals surface area contributed by atoms with Gasteiger partial charge >= 0.3 is 5.97 Å². The standard InChI is InChI=1S/C30H23Cl3N2O5S/c1-16-25(29(37)39-3)26(18-7-5-4-6-8-18)35-28(36)24(41-30(35)34-16)12-17-9-10-23(38-2)19(11-17)15-40-27-21(32)13-20(31)14-22(27)33/h4-14,26H,15H2,1-3H3. The van der Waals surface area contributed by atoms with Crippen molar-refractivity contribution in [3.8, 4) is 11.5 Å². The number of nitrogens with zero attached hydrogens (tertiary/aromatic N) is 2. The highest BCUT2D eigenvalue weighted by Gasteiger charge is 2.32. The summed E-state index contributed by atoms with van der Waals surface area (Å²) in [6.07, 6.45) is 1.77. The van der Waals surface area contributed by atoms with Crippen molar-refractivity contribution in [2.45, 2.75) is 19.6 Å². The van der Waals surface area contributed by atoms with E-state index in [1.54, 1.807) is 42.9 Å². The number of thiazole rings is 1. The van der Waals surface area contributed by atoms with Crippen LogP contribution >= 0.6 is 46.1 Å². The highest BCUT2D eigenvalue weighted by atomic mass is 35.5. The average Bonchev–Trinajstić information content (AvgIpc) is 3.25. The lowest BCUT2D eigenvalue weighted by Gasteiger charge is -2.24. The zero-order valence-corrected chi connectivity index (χ0v) is 25.2. The molecule has 0 aliphatic carbocycles. The molecule has 0 spiro atoms. The number of rotatable bonds is 7. The van der Waals surface area contributed by atoms with Gasteiger partial charge in [-0.05, 0) is 48.4 Å². The summed E-state index contributed by atoms with van der Waals surface area (Å²) in [7, 11) is 2.87. The lowest BCUT2D eigenvalue weighted by Crippen LogP contribution is -2.39. The highest BCUT2D eigenvalue weighted by molar-refractivity contribution is 7.07. The first-order valence-electron chi connectivity index (χ1n) is 12.3. The van der Waals surface area contributed by atoms with E-state index in [1.807, 2.05) is 42.5 Å². The summed E-state index contributed by atoms with van der Waals surface area (Å²) in [4.78, 5) is 31.7. The molecule has 1 aliphatic rings. The topological polar surface area (TPSA) is 79.1 Å². The van der Waals surface area contributed by atoms with E-state index in [1.165, 1.54) is 18.4 Å². The van der Waals surface area contributed by atoms with Gasteiger partial charge in [-0.15, -0.1) is 0 Å². The summed E-state index contributed by atoms with van der Waals surface area (Å²) >= 11 is 19.8. The summed E-state index contributed by atoms with van der Waals surface area (Å²) in [5, 5.41) is 0.971. The largest absolute Gasteiger partial charge is 0.496 e. The van der Waals surface area contributed by atoms with E-state index in [4.69, 9.17) is 49.0 Å². The molecule has 41 heavy (non-hydrogen) atoms. The van der Waals surface area contributed by atoms with Gasteiger partial charge in [0.05, 0.1) is 46.1 Å². The molecule has 5 rings (SSSR count). The predicted molar refractivity (Wildman–Crippen MR) is 161 cm³/mol. The van der Waals surface area contributed by atoms with Gasteiger partial charge < -0.3 is 14.2 Å². The van der Waals surface area contributed by atoms with Gasteiger partial charge in [0, 0.05) is 10.6 Å². The maximum absolute atomic E-state index is 13.8. The summed E-state index contributed by atoms with van der Waals surface area (Å²) < 4.78 is 18.5. The second kappa shape index (κ2) is 12.1. The van der Waals surface area contributed by atoms with E-state index in [2.05, 4.69) is 4.99 Å². The number of carbonyl (C=O) groups excluding carboxylic acids is 1. The van der Waals surface area contributed by atoms with Crippen molar-refractivity contribution >= 4 is 58.2 Å². The monoisotopic (exact) mass is 628 g/mol. The van der Waals surface area contributed by atoms with Crippen molar-refractivity contribution in [3.05, 3.63) is 123 Å². The first-order chi connectivity index (χ1) is 19.7. The van der Waals surface area contributed by atoms with Crippen molar-refractivity contribution in [1.82, 2.24) is 4.57 Å². The van der Waals surface area contributed by atoms with Crippen LogP contribution < -0.4 is 24.4 Å². The fraction of sp³-hybridized carbons (Fsp3) is 0.167. The van der Waals surface area contributed by atoms with Crippen LogP contribution in [0.5, 0.6) is 11.5 Å². The minimum Gasteiger partial charge on any atom is -0.496 e. The molecule has 1 aromatic heterocycles. The molecule has 0 saturated carbocycles. The molecule has 7 nitrogen and oxygen atoms in total. The Labute approximate surface area is 254 Å². The molecule has 0 radical (unpaired) electrons. The predicted octanol–water partition coefficient (Wildman–Crippen LogP) is 5.96. The van der Waals surface area contributed by atoms with Gasteiger partial charge in [0.15, 0.2) is 10.6 Å². The minimum absolute atomic E-state index is 0.100. The van der Waals surface area contributed by atoms with Gasteiger partial charge in [-0.25, -0.2) is 9.79 Å². The van der Waals surface area contributed by atoms with E-state index < -0.39 is 12.0 Å². The fourth-order valence-electron chi connectivity index (χ4n) is 4.61. The molecule has 210 valence electrons. The lowest BCUT2D eigenvalue weighted by atomic mass is 9.96. The van der Waals surface area contributed by atoms with Crippen LogP contribution in [0.2, 0.25) is 15.1 Å². The van der Waals surface area contributed by atoms with Gasteiger partial charge in [-0.1, -0.05) is 82.5 Å². The number of benzene rings is 3. The van der Waals surface area contributed by atoms with Crippen LogP contribution in [-0.2, 0) is 16.1 Å². The lowest BCUT2D eigenvalue weighted by molar-refractivity contribution is -0.136. The van der Waals surface area contributed by atoms with E-state index in [-0.39, 0.29) is 22.2 Å². The van der Waals surface area contributed by atoms with E-state index >= 15 is 0 Å². The fourth-order valence-corrected chi connectivity index (χ4v) is 6.59. The zero-order chi connectivity index (χ0) is 29.3. The Hall–Kier alpha value is -3.56. The number of methoxy groups -OCH3 is 2. The first-order valence-corrected chi connectivity index (χ1v) is 14.3. The van der Waals surface area contributed by atoms with E-state index in [0.29, 0.717) is 42.7 Å². The maximum atomic E-state index is 13.8. The van der Waals surface area contributed by atoms with Crippen molar-refractivity contribution in [2.24, 2.45) is 4.99 Å². The SMILES string of the molecule is COC(=O)C1=C(C)N=c2sc(=Cc3ccc(OC)c(COc4c(Cl)cc(Cl)cc4Cl)c3)c(=O)n2C1c1ccccc1. The molecule has 0 N–H and O–H groups in total. The third-order valence-electron chi connectivity index (χ3n) is 6.48. The number of carbonyl (C=O) groups is 1. The van der Waals surface area contributed by atoms with Crippen molar-refractivity contribution in [1.29, 1.82) is 0 Å². The number of ether oxygens (including phenoxy) is 3. The third-order valence-corrected chi connectivity index (χ3v) is 8.24. The quantitative estimate of drug-likeness (QED) is 0.236. The Balaban J connectivity index is 1.57. The number of aromatic nitrogens is 1. The maximum Gasteiger partial charge on any atom is 0.338 e. The number of fused-ring (bicyclic) bond motifs is 1. The molecule has 1 atom stereocenters. The minimum atomic E-state index is -0.671. The number of hydrogen-bond acceptors (Lipinski definition) is 7. The first kappa shape index (κ1) is 29.0. The van der Waals surface area contributed by atoms with Gasteiger partial charge in [-0.3, -0.25) is 9.36 Å². The molecule has 0 saturated heterocycles. The van der Waals surface area contributed by atoms with Gasteiger partial charge in [-0.2, -0.15) is 0 Å². The van der Waals surface area contributed by atoms with Crippen LogP contribution in [-0.4, -0.2) is 24.8 Å².